The van der Waals surface area contributed by atoms with Gasteiger partial charge in [-0.2, -0.15) is 0 Å². The van der Waals surface area contributed by atoms with Crippen LogP contribution >= 0.6 is 0 Å². The van der Waals surface area contributed by atoms with Gasteiger partial charge in [0, 0.05) is 43.5 Å². The Morgan fingerprint density at radius 3 is 2.44 bits per heavy atom. The normalized spacial score (nSPS) is 13.8. The van der Waals surface area contributed by atoms with Gasteiger partial charge in [0.25, 0.3) is 5.56 Å². The van der Waals surface area contributed by atoms with Crippen LogP contribution in [0.15, 0.2) is 65.7 Å². The highest BCUT2D eigenvalue weighted by molar-refractivity contribution is 5.76. The number of ether oxygens (including phenoxy) is 1. The molecule has 32 heavy (non-hydrogen) atoms. The minimum Gasteiger partial charge on any atom is -0.494 e. The second kappa shape index (κ2) is 9.68. The van der Waals surface area contributed by atoms with Crippen LogP contribution < -0.4 is 15.2 Å². The highest BCUT2D eigenvalue weighted by Gasteiger charge is 2.22. The number of hydrogen-bond donors (Lipinski definition) is 0. The second-order valence-electron chi connectivity index (χ2n) is 7.90. The fourth-order valence-corrected chi connectivity index (χ4v) is 3.88. The van der Waals surface area contributed by atoms with Crippen LogP contribution in [0.3, 0.4) is 0 Å². The molecule has 1 amide bonds. The highest BCUT2D eigenvalue weighted by Crippen LogP contribution is 2.20. The molecule has 1 aromatic heterocycles. The van der Waals surface area contributed by atoms with Gasteiger partial charge in [-0.05, 0) is 55.8 Å². The Bertz CT molecular complexity index is 1130. The molecule has 1 aliphatic heterocycles. The maximum Gasteiger partial charge on any atom is 0.254 e. The lowest BCUT2D eigenvalue weighted by Gasteiger charge is -2.36. The number of amides is 1. The van der Waals surface area contributed by atoms with Gasteiger partial charge in [-0.15, -0.1) is 0 Å². The fraction of sp³-hybridized carbons (Fsp3) is 0.320. The summed E-state index contributed by atoms with van der Waals surface area (Å²) in [4.78, 5) is 33.9. The number of nitrogens with zero attached hydrogens (tertiary/aromatic N) is 4. The number of anilines is 1. The average Bonchev–Trinajstić information content (AvgIpc) is 2.81. The Kier molecular flexibility index (Phi) is 6.54. The lowest BCUT2D eigenvalue weighted by Crippen LogP contribution is -2.50. The third kappa shape index (κ3) is 4.99. The lowest BCUT2D eigenvalue weighted by molar-refractivity contribution is -0.132. The van der Waals surface area contributed by atoms with Crippen LogP contribution in [0.1, 0.15) is 12.5 Å². The second-order valence-corrected chi connectivity index (χ2v) is 7.90. The van der Waals surface area contributed by atoms with E-state index in [9.17, 15) is 9.59 Å². The van der Waals surface area contributed by atoms with E-state index in [-0.39, 0.29) is 18.0 Å². The van der Waals surface area contributed by atoms with Gasteiger partial charge in [-0.3, -0.25) is 14.2 Å². The number of piperazine rings is 1. The summed E-state index contributed by atoms with van der Waals surface area (Å²) >= 11 is 0. The molecule has 1 aliphatic rings. The van der Waals surface area contributed by atoms with E-state index in [1.54, 1.807) is 0 Å². The molecule has 0 N–H and O–H groups in total. The molecule has 2 heterocycles. The summed E-state index contributed by atoms with van der Waals surface area (Å²) in [5.41, 5.74) is 3.57. The molecule has 4 rings (SSSR count). The quantitative estimate of drug-likeness (QED) is 0.599. The monoisotopic (exact) mass is 432 g/mol. The van der Waals surface area contributed by atoms with E-state index in [0.29, 0.717) is 25.4 Å². The number of aromatic nitrogens is 2. The molecule has 0 atom stereocenters. The van der Waals surface area contributed by atoms with Crippen LogP contribution in [0, 0.1) is 6.92 Å². The molecule has 0 aliphatic carbocycles. The van der Waals surface area contributed by atoms with Crippen molar-refractivity contribution in [3.05, 3.63) is 76.8 Å². The van der Waals surface area contributed by atoms with E-state index >= 15 is 0 Å². The van der Waals surface area contributed by atoms with Crippen LogP contribution in [0.25, 0.3) is 11.3 Å². The summed E-state index contributed by atoms with van der Waals surface area (Å²) in [6.45, 7) is 7.44. The number of hydrogen-bond acceptors (Lipinski definition) is 5. The van der Waals surface area contributed by atoms with Crippen LogP contribution in [0.5, 0.6) is 5.75 Å². The van der Waals surface area contributed by atoms with Crippen molar-refractivity contribution in [2.75, 3.05) is 37.7 Å². The molecule has 7 nitrogen and oxygen atoms in total. The molecule has 1 fully saturated rings. The third-order valence-corrected chi connectivity index (χ3v) is 5.65. The summed E-state index contributed by atoms with van der Waals surface area (Å²) in [5.74, 6) is 0.712. The van der Waals surface area contributed by atoms with Gasteiger partial charge >= 0.3 is 0 Å². The number of carbonyl (C=O) groups excluding carboxylic acids is 1. The molecular formula is C25H28N4O3. The zero-order chi connectivity index (χ0) is 22.5. The van der Waals surface area contributed by atoms with E-state index < -0.39 is 0 Å². The van der Waals surface area contributed by atoms with Gasteiger partial charge in [-0.25, -0.2) is 4.98 Å². The van der Waals surface area contributed by atoms with E-state index in [4.69, 9.17) is 4.74 Å². The van der Waals surface area contributed by atoms with Gasteiger partial charge < -0.3 is 14.5 Å². The molecule has 3 aromatic rings. The molecule has 0 bridgehead atoms. The van der Waals surface area contributed by atoms with Crippen molar-refractivity contribution in [2.45, 2.75) is 20.4 Å². The first-order valence-electron chi connectivity index (χ1n) is 10.9. The van der Waals surface area contributed by atoms with Crippen molar-refractivity contribution >= 4 is 11.6 Å². The topological polar surface area (TPSA) is 67.7 Å². The third-order valence-electron chi connectivity index (χ3n) is 5.65. The van der Waals surface area contributed by atoms with Gasteiger partial charge in [0.2, 0.25) is 5.91 Å². The van der Waals surface area contributed by atoms with Crippen molar-refractivity contribution in [1.82, 2.24) is 14.5 Å². The highest BCUT2D eigenvalue weighted by atomic mass is 16.5. The maximum absolute atomic E-state index is 12.8. The fourth-order valence-electron chi connectivity index (χ4n) is 3.88. The van der Waals surface area contributed by atoms with Gasteiger partial charge in [-0.1, -0.05) is 12.1 Å². The van der Waals surface area contributed by atoms with Crippen molar-refractivity contribution < 1.29 is 9.53 Å². The average molecular weight is 433 g/mol. The number of benzene rings is 2. The minimum atomic E-state index is -0.240. The van der Waals surface area contributed by atoms with Gasteiger partial charge in [0.15, 0.2) is 0 Å². The van der Waals surface area contributed by atoms with E-state index in [1.165, 1.54) is 28.2 Å². The first-order chi connectivity index (χ1) is 15.5. The summed E-state index contributed by atoms with van der Waals surface area (Å²) in [6.07, 6.45) is 1.45. The van der Waals surface area contributed by atoms with Crippen molar-refractivity contribution in [3.8, 4) is 17.0 Å². The standard InChI is InChI=1S/C25H28N4O3/c1-3-32-22-9-7-20(8-10-22)23-16-24(30)29(18-26-23)17-25(31)28-13-11-27(12-14-28)21-6-4-5-19(2)15-21/h4-10,15-16,18H,3,11-14,17H2,1-2H3. The maximum atomic E-state index is 12.8. The number of rotatable bonds is 6. The van der Waals surface area contributed by atoms with Crippen LogP contribution in [-0.4, -0.2) is 53.1 Å². The first-order valence-corrected chi connectivity index (χ1v) is 10.9. The SMILES string of the molecule is CCOc1ccc(-c2cc(=O)n(CC(=O)N3CCN(c4cccc(C)c4)CC3)cn2)cc1. The number of carbonyl (C=O) groups is 1. The predicted molar refractivity (Wildman–Crippen MR) is 125 cm³/mol. The van der Waals surface area contributed by atoms with Crippen LogP contribution in [0.4, 0.5) is 5.69 Å². The molecule has 0 radical (unpaired) electrons. The van der Waals surface area contributed by atoms with Gasteiger partial charge in [0.05, 0.1) is 18.6 Å². The van der Waals surface area contributed by atoms with Crippen LogP contribution in [-0.2, 0) is 11.3 Å². The molecule has 0 saturated carbocycles. The molecule has 0 spiro atoms. The van der Waals surface area contributed by atoms with Crippen molar-refractivity contribution in [3.63, 3.8) is 0 Å². The Morgan fingerprint density at radius 1 is 1.03 bits per heavy atom. The summed E-state index contributed by atoms with van der Waals surface area (Å²) in [6, 6.07) is 17.3. The largest absolute Gasteiger partial charge is 0.494 e. The Hall–Kier alpha value is -3.61. The Morgan fingerprint density at radius 2 is 1.78 bits per heavy atom. The Balaban J connectivity index is 1.37. The zero-order valence-electron chi connectivity index (χ0n) is 18.5. The van der Waals surface area contributed by atoms with E-state index in [1.807, 2.05) is 36.1 Å². The molecule has 0 unspecified atom stereocenters. The number of aryl methyl sites for hydroxylation is 1. The smallest absolute Gasteiger partial charge is 0.254 e. The van der Waals surface area contributed by atoms with E-state index in [0.717, 1.165) is 24.4 Å². The molecule has 2 aromatic carbocycles. The minimum absolute atomic E-state index is 0.000162. The zero-order valence-corrected chi connectivity index (χ0v) is 18.5. The van der Waals surface area contributed by atoms with Crippen molar-refractivity contribution in [1.29, 1.82) is 0 Å². The summed E-state index contributed by atoms with van der Waals surface area (Å²) in [7, 11) is 0. The van der Waals surface area contributed by atoms with Crippen LogP contribution in [0.2, 0.25) is 0 Å². The molecule has 1 saturated heterocycles. The summed E-state index contributed by atoms with van der Waals surface area (Å²) in [5, 5.41) is 0. The van der Waals surface area contributed by atoms with Crippen molar-refractivity contribution in [2.24, 2.45) is 0 Å². The molecule has 166 valence electrons. The van der Waals surface area contributed by atoms with Gasteiger partial charge in [0.1, 0.15) is 12.3 Å². The molecule has 7 heteroatoms. The summed E-state index contributed by atoms with van der Waals surface area (Å²) < 4.78 is 6.81. The predicted octanol–water partition coefficient (Wildman–Crippen LogP) is 2.97. The molecular weight excluding hydrogens is 404 g/mol. The van der Waals surface area contributed by atoms with E-state index in [2.05, 4.69) is 41.1 Å². The Labute approximate surface area is 187 Å². The lowest BCUT2D eigenvalue weighted by atomic mass is 10.1. The first kappa shape index (κ1) is 21.6.